The Balaban J connectivity index is 2.15. The Hall–Kier alpha value is -3.41. The van der Waals surface area contributed by atoms with E-state index in [9.17, 15) is 10.1 Å². The van der Waals surface area contributed by atoms with Crippen LogP contribution >= 0.6 is 11.6 Å². The lowest BCUT2D eigenvalue weighted by Gasteiger charge is -2.13. The lowest BCUT2D eigenvalue weighted by atomic mass is 10.1. The molecule has 5 nitrogen and oxygen atoms in total. The van der Waals surface area contributed by atoms with E-state index in [1.807, 2.05) is 43.3 Å². The van der Waals surface area contributed by atoms with Gasteiger partial charge < -0.3 is 14.8 Å². The SMILES string of the molecule is C#CCOc1c(Cl)cc(/C=C(\C#N)C(=O)NCCc2ccccc2)cc1OCC. The molecule has 0 atom stereocenters. The van der Waals surface area contributed by atoms with E-state index in [1.54, 1.807) is 12.1 Å². The quantitative estimate of drug-likeness (QED) is 0.386. The molecule has 0 heterocycles. The van der Waals surface area contributed by atoms with Crippen molar-refractivity contribution in [3.63, 3.8) is 0 Å². The number of hydrogen-bond acceptors (Lipinski definition) is 4. The number of ether oxygens (including phenoxy) is 2. The highest BCUT2D eigenvalue weighted by Crippen LogP contribution is 2.37. The first-order valence-electron chi connectivity index (χ1n) is 9.05. The molecular formula is C23H21ClN2O3. The summed E-state index contributed by atoms with van der Waals surface area (Å²) in [5.74, 6) is 2.64. The van der Waals surface area contributed by atoms with Gasteiger partial charge in [-0.3, -0.25) is 4.79 Å². The van der Waals surface area contributed by atoms with E-state index in [1.165, 1.54) is 6.08 Å². The molecule has 0 fully saturated rings. The molecule has 29 heavy (non-hydrogen) atoms. The zero-order valence-corrected chi connectivity index (χ0v) is 16.8. The minimum Gasteiger partial charge on any atom is -0.490 e. The third-order valence-corrected chi connectivity index (χ3v) is 4.13. The van der Waals surface area contributed by atoms with Crippen LogP contribution in [-0.4, -0.2) is 25.7 Å². The Bertz CT molecular complexity index is 957. The van der Waals surface area contributed by atoms with E-state index in [-0.39, 0.29) is 17.2 Å². The van der Waals surface area contributed by atoms with Gasteiger partial charge >= 0.3 is 0 Å². The molecule has 0 saturated carbocycles. The number of nitrogens with zero attached hydrogens (tertiary/aromatic N) is 1. The second-order valence-electron chi connectivity index (χ2n) is 5.92. The number of terminal acetylenes is 1. The van der Waals surface area contributed by atoms with Crippen molar-refractivity contribution in [1.29, 1.82) is 5.26 Å². The molecule has 0 aliphatic heterocycles. The van der Waals surface area contributed by atoms with E-state index in [0.717, 1.165) is 5.56 Å². The molecule has 148 valence electrons. The van der Waals surface area contributed by atoms with Crippen molar-refractivity contribution in [2.45, 2.75) is 13.3 Å². The van der Waals surface area contributed by atoms with Gasteiger partial charge in [-0.25, -0.2) is 0 Å². The first-order chi connectivity index (χ1) is 14.1. The van der Waals surface area contributed by atoms with Gasteiger partial charge in [-0.1, -0.05) is 47.9 Å². The molecule has 0 unspecified atom stereocenters. The summed E-state index contributed by atoms with van der Waals surface area (Å²) in [6, 6.07) is 14.9. The van der Waals surface area contributed by atoms with E-state index < -0.39 is 5.91 Å². The maximum absolute atomic E-state index is 12.4. The first-order valence-corrected chi connectivity index (χ1v) is 9.43. The number of halogens is 1. The van der Waals surface area contributed by atoms with E-state index in [4.69, 9.17) is 27.5 Å². The third-order valence-electron chi connectivity index (χ3n) is 3.85. The summed E-state index contributed by atoms with van der Waals surface area (Å²) < 4.78 is 11.0. The molecule has 1 amide bonds. The number of benzene rings is 2. The number of rotatable bonds is 9. The fourth-order valence-corrected chi connectivity index (χ4v) is 2.84. The Labute approximate surface area is 175 Å². The van der Waals surface area contributed by atoms with Crippen molar-refractivity contribution >= 4 is 23.6 Å². The van der Waals surface area contributed by atoms with Gasteiger partial charge in [0, 0.05) is 6.54 Å². The van der Waals surface area contributed by atoms with Crippen LogP contribution in [0.15, 0.2) is 48.0 Å². The fraction of sp³-hybridized carbons (Fsp3) is 0.217. The second-order valence-corrected chi connectivity index (χ2v) is 6.32. The number of carbonyl (C=O) groups excluding carboxylic acids is 1. The van der Waals surface area contributed by atoms with Crippen molar-refractivity contribution < 1.29 is 14.3 Å². The molecule has 0 radical (unpaired) electrons. The van der Waals surface area contributed by atoms with Crippen molar-refractivity contribution in [2.24, 2.45) is 0 Å². The van der Waals surface area contributed by atoms with Gasteiger partial charge in [0.1, 0.15) is 18.2 Å². The lowest BCUT2D eigenvalue weighted by Crippen LogP contribution is -2.26. The summed E-state index contributed by atoms with van der Waals surface area (Å²) in [4.78, 5) is 12.4. The van der Waals surface area contributed by atoms with E-state index in [0.29, 0.717) is 36.6 Å². The topological polar surface area (TPSA) is 71.3 Å². The number of carbonyl (C=O) groups is 1. The van der Waals surface area contributed by atoms with Crippen LogP contribution in [0.4, 0.5) is 0 Å². The zero-order valence-electron chi connectivity index (χ0n) is 16.1. The van der Waals surface area contributed by atoms with Gasteiger partial charge in [-0.05, 0) is 42.7 Å². The van der Waals surface area contributed by atoms with Gasteiger partial charge in [-0.2, -0.15) is 5.26 Å². The number of nitriles is 1. The van der Waals surface area contributed by atoms with Crippen LogP contribution in [0.5, 0.6) is 11.5 Å². The highest BCUT2D eigenvalue weighted by atomic mass is 35.5. The Morgan fingerprint density at radius 1 is 1.28 bits per heavy atom. The molecule has 0 aliphatic rings. The number of amides is 1. The van der Waals surface area contributed by atoms with Gasteiger partial charge in [0.25, 0.3) is 5.91 Å². The molecular weight excluding hydrogens is 388 g/mol. The summed E-state index contributed by atoms with van der Waals surface area (Å²) in [5.41, 5.74) is 1.61. The second kappa shape index (κ2) is 11.4. The van der Waals surface area contributed by atoms with Crippen LogP contribution in [0.1, 0.15) is 18.1 Å². The van der Waals surface area contributed by atoms with E-state index >= 15 is 0 Å². The van der Waals surface area contributed by atoms with Crippen LogP contribution in [-0.2, 0) is 11.2 Å². The molecule has 0 bridgehead atoms. The molecule has 0 saturated heterocycles. The summed E-state index contributed by atoms with van der Waals surface area (Å²) in [6.45, 7) is 2.68. The van der Waals surface area contributed by atoms with Crippen molar-refractivity contribution in [3.8, 4) is 29.9 Å². The van der Waals surface area contributed by atoms with Gasteiger partial charge in [-0.15, -0.1) is 6.42 Å². The average molecular weight is 409 g/mol. The van der Waals surface area contributed by atoms with Gasteiger partial charge in [0.2, 0.25) is 0 Å². The molecule has 0 spiro atoms. The van der Waals surface area contributed by atoms with Gasteiger partial charge in [0.05, 0.1) is 11.6 Å². The number of hydrogen-bond donors (Lipinski definition) is 1. The largest absolute Gasteiger partial charge is 0.490 e. The molecule has 1 N–H and O–H groups in total. The zero-order chi connectivity index (χ0) is 21.1. The minimum atomic E-state index is -0.454. The molecule has 2 aromatic carbocycles. The Morgan fingerprint density at radius 3 is 2.69 bits per heavy atom. The standard InChI is InChI=1S/C23H21ClN2O3/c1-3-12-29-22-20(24)14-18(15-21(22)28-4-2)13-19(16-25)23(27)26-11-10-17-8-6-5-7-9-17/h1,5-9,13-15H,4,10-12H2,2H3,(H,26,27)/b19-13+. The van der Waals surface area contributed by atoms with Crippen molar-refractivity contribution in [1.82, 2.24) is 5.32 Å². The van der Waals surface area contributed by atoms with E-state index in [2.05, 4.69) is 11.2 Å². The highest BCUT2D eigenvalue weighted by Gasteiger charge is 2.14. The summed E-state index contributed by atoms with van der Waals surface area (Å²) in [7, 11) is 0. The predicted octanol–water partition coefficient (Wildman–Crippen LogP) is 4.02. The van der Waals surface area contributed by atoms with Crippen LogP contribution in [0, 0.1) is 23.7 Å². The number of nitrogens with one attached hydrogen (secondary N) is 1. The molecule has 2 rings (SSSR count). The predicted molar refractivity (Wildman–Crippen MR) is 114 cm³/mol. The van der Waals surface area contributed by atoms with Crippen molar-refractivity contribution in [2.75, 3.05) is 19.8 Å². The highest BCUT2D eigenvalue weighted by molar-refractivity contribution is 6.32. The fourth-order valence-electron chi connectivity index (χ4n) is 2.56. The monoisotopic (exact) mass is 408 g/mol. The van der Waals surface area contributed by atoms with Gasteiger partial charge in [0.15, 0.2) is 11.5 Å². The third kappa shape index (κ3) is 6.60. The smallest absolute Gasteiger partial charge is 0.261 e. The lowest BCUT2D eigenvalue weighted by molar-refractivity contribution is -0.117. The summed E-state index contributed by atoms with van der Waals surface area (Å²) in [6.07, 6.45) is 7.35. The maximum Gasteiger partial charge on any atom is 0.261 e. The maximum atomic E-state index is 12.4. The Morgan fingerprint density at radius 2 is 2.03 bits per heavy atom. The molecule has 0 aliphatic carbocycles. The van der Waals surface area contributed by atoms with Crippen LogP contribution in [0.25, 0.3) is 6.08 Å². The first kappa shape index (κ1) is 21.9. The normalized spacial score (nSPS) is 10.6. The summed E-state index contributed by atoms with van der Waals surface area (Å²) in [5, 5.41) is 12.4. The average Bonchev–Trinajstić information content (AvgIpc) is 2.72. The molecule has 2 aromatic rings. The van der Waals surface area contributed by atoms with Crippen LogP contribution < -0.4 is 14.8 Å². The Kier molecular flexibility index (Phi) is 8.63. The molecule has 6 heteroatoms. The molecule has 0 aromatic heterocycles. The van der Waals surface area contributed by atoms with Crippen LogP contribution in [0.2, 0.25) is 5.02 Å². The van der Waals surface area contributed by atoms with Crippen molar-refractivity contribution in [3.05, 3.63) is 64.2 Å². The summed E-state index contributed by atoms with van der Waals surface area (Å²) >= 11 is 6.28. The van der Waals surface area contributed by atoms with Crippen LogP contribution in [0.3, 0.4) is 0 Å². The minimum absolute atomic E-state index is 0.0335.